The van der Waals surface area contributed by atoms with Crippen molar-refractivity contribution in [1.29, 1.82) is 0 Å². The highest BCUT2D eigenvalue weighted by Gasteiger charge is 2.23. The monoisotopic (exact) mass is 217 g/mol. The van der Waals surface area contributed by atoms with Crippen LogP contribution in [0, 0.1) is 0 Å². The van der Waals surface area contributed by atoms with Crippen LogP contribution in [0.3, 0.4) is 0 Å². The third-order valence-electron chi connectivity index (χ3n) is 2.59. The van der Waals surface area contributed by atoms with Gasteiger partial charge in [-0.1, -0.05) is 0 Å². The van der Waals surface area contributed by atoms with Gasteiger partial charge in [-0.2, -0.15) is 0 Å². The fraction of sp³-hybridized carbons (Fsp3) is 0.273. The summed E-state index contributed by atoms with van der Waals surface area (Å²) in [6.45, 7) is 1.64. The topological polar surface area (TPSA) is 63.2 Å². The highest BCUT2D eigenvalue weighted by atomic mass is 16.6. The molecule has 0 radical (unpaired) electrons. The van der Waals surface area contributed by atoms with Crippen LogP contribution in [0.1, 0.15) is 0 Å². The Bertz CT molecular complexity index is 534. The molecule has 2 aromatic rings. The second-order valence-corrected chi connectivity index (χ2v) is 3.83. The van der Waals surface area contributed by atoms with Crippen molar-refractivity contribution < 1.29 is 4.74 Å². The van der Waals surface area contributed by atoms with Gasteiger partial charge in [-0.3, -0.25) is 4.79 Å². The highest BCUT2D eigenvalue weighted by Crippen LogP contribution is 2.20. The van der Waals surface area contributed by atoms with E-state index in [1.54, 1.807) is 24.8 Å². The number of nitrogens with one attached hydrogen (secondary N) is 1. The number of aromatic amines is 1. The minimum Gasteiger partial charge on any atom is -0.371 e. The van der Waals surface area contributed by atoms with Crippen molar-refractivity contribution in [3.63, 3.8) is 0 Å². The van der Waals surface area contributed by atoms with Crippen molar-refractivity contribution in [2.45, 2.75) is 12.6 Å². The first-order chi connectivity index (χ1) is 7.83. The summed E-state index contributed by atoms with van der Waals surface area (Å²) >= 11 is 0. The molecule has 3 heterocycles. The zero-order valence-corrected chi connectivity index (χ0v) is 8.59. The van der Waals surface area contributed by atoms with Gasteiger partial charge in [0.25, 0.3) is 0 Å². The Kier molecular flexibility index (Phi) is 2.11. The number of nitrogens with zero attached hydrogens (tertiary/aromatic N) is 2. The molecular weight excluding hydrogens is 206 g/mol. The third kappa shape index (κ3) is 1.77. The van der Waals surface area contributed by atoms with E-state index >= 15 is 0 Å². The fourth-order valence-electron chi connectivity index (χ4n) is 1.67. The number of aromatic nitrogens is 3. The lowest BCUT2D eigenvalue weighted by atomic mass is 10.2. The molecule has 0 aromatic carbocycles. The zero-order valence-electron chi connectivity index (χ0n) is 8.59. The van der Waals surface area contributed by atoms with Crippen LogP contribution in [0.5, 0.6) is 0 Å². The summed E-state index contributed by atoms with van der Waals surface area (Å²) in [4.78, 5) is 17.7. The van der Waals surface area contributed by atoms with E-state index < -0.39 is 0 Å². The average Bonchev–Trinajstić information content (AvgIpc) is 2.97. The van der Waals surface area contributed by atoms with Crippen LogP contribution in [0.4, 0.5) is 0 Å². The highest BCUT2D eigenvalue weighted by molar-refractivity contribution is 5.57. The number of pyridine rings is 1. The Morgan fingerprint density at radius 2 is 2.44 bits per heavy atom. The summed E-state index contributed by atoms with van der Waals surface area (Å²) in [6.07, 6.45) is 5.58. The molecule has 1 atom stereocenters. The van der Waals surface area contributed by atoms with Crippen molar-refractivity contribution in [1.82, 2.24) is 14.5 Å². The van der Waals surface area contributed by atoms with Gasteiger partial charge in [0.2, 0.25) is 5.56 Å². The van der Waals surface area contributed by atoms with E-state index in [0.717, 1.165) is 24.4 Å². The molecule has 1 aliphatic heterocycles. The van der Waals surface area contributed by atoms with Gasteiger partial charge in [-0.15, -0.1) is 0 Å². The van der Waals surface area contributed by atoms with Crippen LogP contribution in [-0.2, 0) is 11.3 Å². The van der Waals surface area contributed by atoms with Gasteiger partial charge >= 0.3 is 0 Å². The second-order valence-electron chi connectivity index (χ2n) is 3.83. The molecule has 1 unspecified atom stereocenters. The van der Waals surface area contributed by atoms with Gasteiger partial charge in [-0.25, -0.2) is 4.98 Å². The molecule has 0 spiro atoms. The molecule has 2 aromatic heterocycles. The van der Waals surface area contributed by atoms with Gasteiger partial charge in [0.05, 0.1) is 37.5 Å². The summed E-state index contributed by atoms with van der Waals surface area (Å²) in [5.74, 6) is 0. The Hall–Kier alpha value is -1.88. The lowest BCUT2D eigenvalue weighted by Gasteiger charge is -2.05. The van der Waals surface area contributed by atoms with Gasteiger partial charge in [0.1, 0.15) is 0 Å². The molecular formula is C11H11N3O2. The maximum absolute atomic E-state index is 11.0. The molecule has 82 valence electrons. The number of H-pyrrole nitrogens is 1. The third-order valence-corrected chi connectivity index (χ3v) is 2.59. The Morgan fingerprint density at radius 3 is 3.12 bits per heavy atom. The van der Waals surface area contributed by atoms with Crippen LogP contribution in [-0.4, -0.2) is 27.2 Å². The van der Waals surface area contributed by atoms with E-state index in [1.807, 2.05) is 4.57 Å². The molecule has 1 fully saturated rings. The van der Waals surface area contributed by atoms with E-state index in [0.29, 0.717) is 6.10 Å². The fourth-order valence-corrected chi connectivity index (χ4v) is 1.67. The van der Waals surface area contributed by atoms with Gasteiger partial charge < -0.3 is 14.3 Å². The first-order valence-electron chi connectivity index (χ1n) is 5.14. The first kappa shape index (κ1) is 9.35. The maximum Gasteiger partial charge on any atom is 0.247 e. The standard InChI is InChI=1S/C11H11N3O2/c15-11-2-1-8(3-13-11)10-4-12-7-14(10)5-9-6-16-9/h1-4,7,9H,5-6H2,(H,13,15). The van der Waals surface area contributed by atoms with E-state index in [1.165, 1.54) is 6.07 Å². The van der Waals surface area contributed by atoms with E-state index in [4.69, 9.17) is 4.74 Å². The summed E-state index contributed by atoms with van der Waals surface area (Å²) in [7, 11) is 0. The molecule has 16 heavy (non-hydrogen) atoms. The number of epoxide rings is 1. The normalized spacial score (nSPS) is 18.6. The van der Waals surface area contributed by atoms with Gasteiger partial charge in [-0.05, 0) is 6.07 Å². The Labute approximate surface area is 91.7 Å². The first-order valence-corrected chi connectivity index (χ1v) is 5.14. The Morgan fingerprint density at radius 1 is 1.56 bits per heavy atom. The van der Waals surface area contributed by atoms with Crippen molar-refractivity contribution in [2.75, 3.05) is 6.61 Å². The smallest absolute Gasteiger partial charge is 0.247 e. The van der Waals surface area contributed by atoms with Crippen LogP contribution in [0.2, 0.25) is 0 Å². The Balaban J connectivity index is 1.95. The maximum atomic E-state index is 11.0. The summed E-state index contributed by atoms with van der Waals surface area (Å²) in [6, 6.07) is 3.31. The van der Waals surface area contributed by atoms with Gasteiger partial charge in [0, 0.05) is 17.8 Å². The summed E-state index contributed by atoms with van der Waals surface area (Å²) in [5, 5.41) is 0. The van der Waals surface area contributed by atoms with Crippen LogP contribution < -0.4 is 5.56 Å². The number of hydrogen-bond donors (Lipinski definition) is 1. The molecule has 0 amide bonds. The molecule has 0 bridgehead atoms. The lowest BCUT2D eigenvalue weighted by molar-refractivity contribution is 0.383. The number of imidazole rings is 1. The number of rotatable bonds is 3. The minimum absolute atomic E-state index is 0.0969. The van der Waals surface area contributed by atoms with Crippen LogP contribution in [0.15, 0.2) is 35.6 Å². The van der Waals surface area contributed by atoms with Crippen molar-refractivity contribution in [3.05, 3.63) is 41.2 Å². The molecule has 5 nitrogen and oxygen atoms in total. The van der Waals surface area contributed by atoms with E-state index in [2.05, 4.69) is 9.97 Å². The molecule has 1 saturated heterocycles. The SMILES string of the molecule is O=c1ccc(-c2cncn2CC2CO2)c[nH]1. The second kappa shape index (κ2) is 3.61. The van der Waals surface area contributed by atoms with Crippen molar-refractivity contribution in [3.8, 4) is 11.3 Å². The summed E-state index contributed by atoms with van der Waals surface area (Å²) < 4.78 is 7.22. The van der Waals surface area contributed by atoms with E-state index in [9.17, 15) is 4.79 Å². The predicted molar refractivity (Wildman–Crippen MR) is 58.0 cm³/mol. The molecule has 1 aliphatic rings. The van der Waals surface area contributed by atoms with Crippen molar-refractivity contribution >= 4 is 0 Å². The summed E-state index contributed by atoms with van der Waals surface area (Å²) in [5.41, 5.74) is 1.85. The van der Waals surface area contributed by atoms with E-state index in [-0.39, 0.29) is 5.56 Å². The van der Waals surface area contributed by atoms with Crippen molar-refractivity contribution in [2.24, 2.45) is 0 Å². The zero-order chi connectivity index (χ0) is 11.0. The molecule has 5 heteroatoms. The number of hydrogen-bond acceptors (Lipinski definition) is 3. The van der Waals surface area contributed by atoms with Gasteiger partial charge in [0.15, 0.2) is 0 Å². The predicted octanol–water partition coefficient (Wildman–Crippen LogP) is 0.637. The van der Waals surface area contributed by atoms with Crippen LogP contribution in [0.25, 0.3) is 11.3 Å². The minimum atomic E-state index is -0.0969. The largest absolute Gasteiger partial charge is 0.371 e. The van der Waals surface area contributed by atoms with Crippen LogP contribution >= 0.6 is 0 Å². The quantitative estimate of drug-likeness (QED) is 0.767. The molecule has 0 aliphatic carbocycles. The average molecular weight is 217 g/mol. The lowest BCUT2D eigenvalue weighted by Crippen LogP contribution is -2.06. The molecule has 1 N–H and O–H groups in total. The number of ether oxygens (including phenoxy) is 1. The molecule has 3 rings (SSSR count). The molecule has 0 saturated carbocycles.